The number of halogens is 1. The molecular weight excluding hydrogens is 460 g/mol. The van der Waals surface area contributed by atoms with Crippen molar-refractivity contribution in [2.24, 2.45) is 0 Å². The molecule has 0 spiro atoms. The molecule has 1 aliphatic rings. The largest absolute Gasteiger partial charge is 0.493 e. The van der Waals surface area contributed by atoms with Gasteiger partial charge in [0.15, 0.2) is 11.5 Å². The summed E-state index contributed by atoms with van der Waals surface area (Å²) < 4.78 is 16.1. The number of hydrogen-bond acceptors (Lipinski definition) is 7. The average molecular weight is 485 g/mol. The van der Waals surface area contributed by atoms with E-state index in [1.165, 1.54) is 0 Å². The van der Waals surface area contributed by atoms with E-state index >= 15 is 0 Å². The molecule has 9 nitrogen and oxygen atoms in total. The van der Waals surface area contributed by atoms with Crippen LogP contribution < -0.4 is 14.8 Å². The first kappa shape index (κ1) is 23.6. The number of likely N-dealkylation sites (tertiary alicyclic amines) is 1. The number of rotatable bonds is 7. The molecule has 0 unspecified atom stereocenters. The van der Waals surface area contributed by atoms with Crippen molar-refractivity contribution < 1.29 is 23.6 Å². The molecule has 10 heteroatoms. The first-order chi connectivity index (χ1) is 16.5. The zero-order valence-electron chi connectivity index (χ0n) is 18.9. The molecule has 178 valence electrons. The number of ether oxygens (including phenoxy) is 2. The van der Waals surface area contributed by atoms with E-state index in [2.05, 4.69) is 15.5 Å². The summed E-state index contributed by atoms with van der Waals surface area (Å²) in [6.45, 7) is 0.998. The molecule has 34 heavy (non-hydrogen) atoms. The SMILES string of the molecule is COc1ccc(-c2noc(C3CCN(C(=O)CNC(=O)c4ccccc4Cl)CC3)n2)cc1OC. The minimum Gasteiger partial charge on any atom is -0.493 e. The second-order valence-corrected chi connectivity index (χ2v) is 8.25. The van der Waals surface area contributed by atoms with Crippen molar-refractivity contribution in [1.29, 1.82) is 0 Å². The molecule has 2 amide bonds. The minimum atomic E-state index is -0.373. The Labute approximate surface area is 202 Å². The lowest BCUT2D eigenvalue weighted by atomic mass is 9.96. The number of nitrogens with one attached hydrogen (secondary N) is 1. The van der Waals surface area contributed by atoms with Gasteiger partial charge in [-0.05, 0) is 43.2 Å². The fourth-order valence-electron chi connectivity index (χ4n) is 3.88. The van der Waals surface area contributed by atoms with E-state index < -0.39 is 0 Å². The van der Waals surface area contributed by atoms with Crippen LogP contribution in [0.3, 0.4) is 0 Å². The van der Waals surface area contributed by atoms with Gasteiger partial charge in [-0.2, -0.15) is 4.98 Å². The molecule has 0 saturated carbocycles. The quantitative estimate of drug-likeness (QED) is 0.546. The molecule has 3 aromatic rings. The van der Waals surface area contributed by atoms with E-state index in [1.807, 2.05) is 6.07 Å². The van der Waals surface area contributed by atoms with E-state index in [1.54, 1.807) is 55.5 Å². The van der Waals surface area contributed by atoms with Crippen LogP contribution in [0.25, 0.3) is 11.4 Å². The highest BCUT2D eigenvalue weighted by atomic mass is 35.5. The second kappa shape index (κ2) is 10.6. The van der Waals surface area contributed by atoms with Gasteiger partial charge in [-0.1, -0.05) is 28.9 Å². The Kier molecular flexibility index (Phi) is 7.32. The number of carbonyl (C=O) groups is 2. The van der Waals surface area contributed by atoms with Crippen LogP contribution in [0, 0.1) is 0 Å². The summed E-state index contributed by atoms with van der Waals surface area (Å²) >= 11 is 6.04. The summed E-state index contributed by atoms with van der Waals surface area (Å²) in [7, 11) is 3.15. The fourth-order valence-corrected chi connectivity index (χ4v) is 4.10. The number of piperidine rings is 1. The molecule has 1 N–H and O–H groups in total. The van der Waals surface area contributed by atoms with Gasteiger partial charge in [0.05, 0.1) is 31.4 Å². The summed E-state index contributed by atoms with van der Waals surface area (Å²) in [5, 5.41) is 7.10. The van der Waals surface area contributed by atoms with Crippen molar-refractivity contribution in [1.82, 2.24) is 20.4 Å². The number of hydrogen-bond donors (Lipinski definition) is 1. The molecule has 0 bridgehead atoms. The van der Waals surface area contributed by atoms with E-state index in [9.17, 15) is 9.59 Å². The van der Waals surface area contributed by atoms with Crippen molar-refractivity contribution in [2.75, 3.05) is 33.9 Å². The van der Waals surface area contributed by atoms with Crippen LogP contribution in [-0.4, -0.2) is 60.7 Å². The maximum atomic E-state index is 12.6. The zero-order chi connectivity index (χ0) is 24.1. The van der Waals surface area contributed by atoms with Gasteiger partial charge in [0.1, 0.15) is 0 Å². The van der Waals surface area contributed by atoms with Crippen molar-refractivity contribution in [3.05, 3.63) is 58.9 Å². The summed E-state index contributed by atoms with van der Waals surface area (Å²) in [4.78, 5) is 31.1. The Balaban J connectivity index is 1.31. The third-order valence-corrected chi connectivity index (χ3v) is 6.13. The molecule has 4 rings (SSSR count). The Bertz CT molecular complexity index is 1170. The normalized spacial score (nSPS) is 14.0. The lowest BCUT2D eigenvalue weighted by molar-refractivity contribution is -0.131. The smallest absolute Gasteiger partial charge is 0.253 e. The highest BCUT2D eigenvalue weighted by Crippen LogP contribution is 2.33. The molecule has 1 saturated heterocycles. The van der Waals surface area contributed by atoms with Crippen molar-refractivity contribution in [3.8, 4) is 22.9 Å². The maximum absolute atomic E-state index is 12.6. The van der Waals surface area contributed by atoms with Crippen LogP contribution in [0.4, 0.5) is 0 Å². The molecule has 1 aliphatic heterocycles. The monoisotopic (exact) mass is 484 g/mol. The molecule has 1 fully saturated rings. The van der Waals surface area contributed by atoms with Crippen LogP contribution >= 0.6 is 11.6 Å². The van der Waals surface area contributed by atoms with Gasteiger partial charge in [0.25, 0.3) is 5.91 Å². The number of aromatic nitrogens is 2. The van der Waals surface area contributed by atoms with Gasteiger partial charge in [-0.15, -0.1) is 0 Å². The van der Waals surface area contributed by atoms with Gasteiger partial charge in [0, 0.05) is 24.6 Å². The highest BCUT2D eigenvalue weighted by Gasteiger charge is 2.28. The van der Waals surface area contributed by atoms with Gasteiger partial charge < -0.3 is 24.2 Å². The first-order valence-electron chi connectivity index (χ1n) is 10.9. The molecule has 0 radical (unpaired) electrons. The molecule has 0 aliphatic carbocycles. The molecule has 1 aromatic heterocycles. The fraction of sp³-hybridized carbons (Fsp3) is 0.333. The number of nitrogens with zero attached hydrogens (tertiary/aromatic N) is 3. The molecular formula is C24H25ClN4O5. The second-order valence-electron chi connectivity index (χ2n) is 7.84. The lowest BCUT2D eigenvalue weighted by Crippen LogP contribution is -2.43. The number of amides is 2. The van der Waals surface area contributed by atoms with Crippen molar-refractivity contribution >= 4 is 23.4 Å². The summed E-state index contributed by atoms with van der Waals surface area (Å²) in [6, 6.07) is 12.2. The maximum Gasteiger partial charge on any atom is 0.253 e. The lowest BCUT2D eigenvalue weighted by Gasteiger charge is -2.30. The Morgan fingerprint density at radius 2 is 1.85 bits per heavy atom. The van der Waals surface area contributed by atoms with Crippen LogP contribution in [0.1, 0.15) is 35.0 Å². The topological polar surface area (TPSA) is 107 Å². The van der Waals surface area contributed by atoms with Crippen LogP contribution in [0.15, 0.2) is 47.0 Å². The number of carbonyl (C=O) groups excluding carboxylic acids is 2. The summed E-state index contributed by atoms with van der Waals surface area (Å²) in [5.74, 6) is 1.76. The third kappa shape index (κ3) is 5.14. The highest BCUT2D eigenvalue weighted by molar-refractivity contribution is 6.33. The van der Waals surface area contributed by atoms with E-state index in [-0.39, 0.29) is 24.3 Å². The Morgan fingerprint density at radius 1 is 1.12 bits per heavy atom. The molecule has 2 heterocycles. The Morgan fingerprint density at radius 3 is 2.56 bits per heavy atom. The number of methoxy groups -OCH3 is 2. The van der Waals surface area contributed by atoms with Gasteiger partial charge in [-0.25, -0.2) is 0 Å². The van der Waals surface area contributed by atoms with E-state index in [0.29, 0.717) is 59.7 Å². The van der Waals surface area contributed by atoms with Gasteiger partial charge in [-0.3, -0.25) is 9.59 Å². The predicted octanol–water partition coefficient (Wildman–Crippen LogP) is 3.54. The van der Waals surface area contributed by atoms with E-state index in [0.717, 1.165) is 5.56 Å². The van der Waals surface area contributed by atoms with Gasteiger partial charge >= 0.3 is 0 Å². The predicted molar refractivity (Wildman–Crippen MR) is 125 cm³/mol. The number of benzene rings is 2. The summed E-state index contributed by atoms with van der Waals surface area (Å²) in [5.41, 5.74) is 1.10. The molecule has 0 atom stereocenters. The van der Waals surface area contributed by atoms with E-state index in [4.69, 9.17) is 25.6 Å². The minimum absolute atomic E-state index is 0.0585. The first-order valence-corrected chi connectivity index (χ1v) is 11.2. The summed E-state index contributed by atoms with van der Waals surface area (Å²) in [6.07, 6.45) is 1.38. The third-order valence-electron chi connectivity index (χ3n) is 5.80. The average Bonchev–Trinajstić information content (AvgIpc) is 3.37. The van der Waals surface area contributed by atoms with Crippen LogP contribution in [0.5, 0.6) is 11.5 Å². The standard InChI is InChI=1S/C24H25ClN4O5/c1-32-19-8-7-16(13-20(19)33-2)22-27-24(34-28-22)15-9-11-29(12-10-15)21(30)14-26-23(31)17-5-3-4-6-18(17)25/h3-8,13,15H,9-12,14H2,1-2H3,(H,26,31). The van der Waals surface area contributed by atoms with Crippen molar-refractivity contribution in [2.45, 2.75) is 18.8 Å². The van der Waals surface area contributed by atoms with Crippen molar-refractivity contribution in [3.63, 3.8) is 0 Å². The molecule has 2 aromatic carbocycles. The zero-order valence-corrected chi connectivity index (χ0v) is 19.7. The van der Waals surface area contributed by atoms with Crippen LogP contribution in [-0.2, 0) is 4.79 Å². The van der Waals surface area contributed by atoms with Gasteiger partial charge in [0.2, 0.25) is 17.6 Å². The Hall–Kier alpha value is -3.59. The van der Waals surface area contributed by atoms with Crippen LogP contribution in [0.2, 0.25) is 5.02 Å².